The molecule has 0 saturated carbocycles. The first-order valence-corrected chi connectivity index (χ1v) is 7.47. The third kappa shape index (κ3) is 3.40. The van der Waals surface area contributed by atoms with Crippen molar-refractivity contribution in [2.75, 3.05) is 6.54 Å². The van der Waals surface area contributed by atoms with Crippen LogP contribution in [0.3, 0.4) is 0 Å². The summed E-state index contributed by atoms with van der Waals surface area (Å²) < 4.78 is 5.90. The molecule has 0 aliphatic carbocycles. The van der Waals surface area contributed by atoms with Gasteiger partial charge in [0, 0.05) is 6.42 Å². The summed E-state index contributed by atoms with van der Waals surface area (Å²) in [4.78, 5) is 4.59. The highest BCUT2D eigenvalue weighted by molar-refractivity contribution is 5.75. The lowest BCUT2D eigenvalue weighted by Gasteiger charge is -2.30. The second-order valence-corrected chi connectivity index (χ2v) is 6.71. The molecule has 0 spiro atoms. The molecule has 0 fully saturated rings. The third-order valence-corrected chi connectivity index (χ3v) is 4.10. The molecule has 0 radical (unpaired) electrons. The lowest BCUT2D eigenvalue weighted by atomic mass is 9.76. The standard InChI is InChI=1S/C17H26N2O/c1-12-6-5-7-14-16(12)20-15(19-14)9-8-13(10-11-18)17(2,3)4/h5-7,13H,8-11,18H2,1-4H3. The second kappa shape index (κ2) is 5.96. The van der Waals surface area contributed by atoms with Gasteiger partial charge in [-0.1, -0.05) is 32.9 Å². The summed E-state index contributed by atoms with van der Waals surface area (Å²) in [5, 5.41) is 0. The number of hydrogen-bond donors (Lipinski definition) is 1. The Balaban J connectivity index is 2.10. The van der Waals surface area contributed by atoms with Crippen molar-refractivity contribution < 1.29 is 4.42 Å². The Morgan fingerprint density at radius 1 is 1.25 bits per heavy atom. The lowest BCUT2D eigenvalue weighted by molar-refractivity contribution is 0.211. The maximum Gasteiger partial charge on any atom is 0.195 e. The van der Waals surface area contributed by atoms with Crippen LogP contribution in [0.1, 0.15) is 45.1 Å². The summed E-state index contributed by atoms with van der Waals surface area (Å²) in [6, 6.07) is 6.09. The molecule has 110 valence electrons. The lowest BCUT2D eigenvalue weighted by Crippen LogP contribution is -2.24. The van der Waals surface area contributed by atoms with Crippen molar-refractivity contribution in [1.29, 1.82) is 0 Å². The van der Waals surface area contributed by atoms with E-state index in [1.807, 2.05) is 12.1 Å². The summed E-state index contributed by atoms with van der Waals surface area (Å²) >= 11 is 0. The van der Waals surface area contributed by atoms with E-state index in [1.165, 1.54) is 0 Å². The van der Waals surface area contributed by atoms with E-state index < -0.39 is 0 Å². The van der Waals surface area contributed by atoms with Crippen LogP contribution in [0.4, 0.5) is 0 Å². The minimum Gasteiger partial charge on any atom is -0.440 e. The molecular weight excluding hydrogens is 248 g/mol. The first-order valence-electron chi connectivity index (χ1n) is 7.47. The van der Waals surface area contributed by atoms with Gasteiger partial charge in [0.1, 0.15) is 5.52 Å². The summed E-state index contributed by atoms with van der Waals surface area (Å²) in [7, 11) is 0. The Hall–Kier alpha value is -1.35. The first kappa shape index (κ1) is 15.0. The molecular formula is C17H26N2O. The first-order chi connectivity index (χ1) is 9.41. The minimum atomic E-state index is 0.279. The Kier molecular flexibility index (Phi) is 4.48. The number of oxazole rings is 1. The van der Waals surface area contributed by atoms with Gasteiger partial charge in [0.25, 0.3) is 0 Å². The molecule has 3 nitrogen and oxygen atoms in total. The van der Waals surface area contributed by atoms with E-state index in [9.17, 15) is 0 Å². The maximum atomic E-state index is 5.90. The van der Waals surface area contributed by atoms with Gasteiger partial charge in [0.15, 0.2) is 11.5 Å². The molecule has 3 heteroatoms. The van der Waals surface area contributed by atoms with E-state index in [1.54, 1.807) is 0 Å². The zero-order valence-electron chi connectivity index (χ0n) is 13.1. The highest BCUT2D eigenvalue weighted by Gasteiger charge is 2.24. The quantitative estimate of drug-likeness (QED) is 0.893. The van der Waals surface area contributed by atoms with Crippen molar-refractivity contribution in [2.24, 2.45) is 17.1 Å². The molecule has 0 amide bonds. The Morgan fingerprint density at radius 2 is 2.00 bits per heavy atom. The van der Waals surface area contributed by atoms with Gasteiger partial charge in [0.05, 0.1) is 0 Å². The second-order valence-electron chi connectivity index (χ2n) is 6.71. The van der Waals surface area contributed by atoms with E-state index in [4.69, 9.17) is 10.2 Å². The monoisotopic (exact) mass is 274 g/mol. The van der Waals surface area contributed by atoms with Crippen LogP contribution in [0.5, 0.6) is 0 Å². The number of aromatic nitrogens is 1. The van der Waals surface area contributed by atoms with Crippen molar-refractivity contribution in [3.63, 3.8) is 0 Å². The Bertz CT molecular complexity index is 566. The van der Waals surface area contributed by atoms with Crippen molar-refractivity contribution in [2.45, 2.75) is 47.0 Å². The molecule has 0 aliphatic rings. The van der Waals surface area contributed by atoms with Crippen molar-refractivity contribution in [3.05, 3.63) is 29.7 Å². The van der Waals surface area contributed by atoms with Crippen LogP contribution < -0.4 is 5.73 Å². The van der Waals surface area contributed by atoms with Gasteiger partial charge >= 0.3 is 0 Å². The highest BCUT2D eigenvalue weighted by atomic mass is 16.3. The number of hydrogen-bond acceptors (Lipinski definition) is 3. The Morgan fingerprint density at radius 3 is 2.60 bits per heavy atom. The van der Waals surface area contributed by atoms with Gasteiger partial charge < -0.3 is 10.2 Å². The summed E-state index contributed by atoms with van der Waals surface area (Å²) in [6.07, 6.45) is 3.02. The maximum absolute atomic E-state index is 5.90. The summed E-state index contributed by atoms with van der Waals surface area (Å²) in [5.41, 5.74) is 9.05. The molecule has 1 aromatic carbocycles. The van der Waals surface area contributed by atoms with Gasteiger partial charge in [0.2, 0.25) is 0 Å². The van der Waals surface area contributed by atoms with Crippen LogP contribution in [-0.4, -0.2) is 11.5 Å². The Labute approximate surface area is 121 Å². The zero-order chi connectivity index (χ0) is 14.8. The number of benzene rings is 1. The van der Waals surface area contributed by atoms with Crippen LogP contribution in [-0.2, 0) is 6.42 Å². The van der Waals surface area contributed by atoms with Gasteiger partial charge in [-0.15, -0.1) is 0 Å². The summed E-state index contributed by atoms with van der Waals surface area (Å²) in [6.45, 7) is 9.65. The normalized spacial score (nSPS) is 13.8. The number of rotatable bonds is 5. The molecule has 2 rings (SSSR count). The van der Waals surface area contributed by atoms with Gasteiger partial charge in [-0.2, -0.15) is 0 Å². The molecule has 1 heterocycles. The number of fused-ring (bicyclic) bond motifs is 1. The number of nitrogens with zero attached hydrogens (tertiary/aromatic N) is 1. The SMILES string of the molecule is Cc1cccc2nc(CCC(CCN)C(C)(C)C)oc12. The molecule has 2 N–H and O–H groups in total. The highest BCUT2D eigenvalue weighted by Crippen LogP contribution is 2.32. The molecule has 2 aromatic rings. The molecule has 1 atom stereocenters. The van der Waals surface area contributed by atoms with E-state index in [0.29, 0.717) is 5.92 Å². The minimum absolute atomic E-state index is 0.279. The van der Waals surface area contributed by atoms with Crippen molar-refractivity contribution in [1.82, 2.24) is 4.98 Å². The van der Waals surface area contributed by atoms with E-state index in [0.717, 1.165) is 48.4 Å². The predicted octanol–water partition coefficient (Wildman–Crippen LogP) is 4.08. The number of para-hydroxylation sites is 1. The van der Waals surface area contributed by atoms with Gasteiger partial charge in [-0.05, 0) is 49.3 Å². The van der Waals surface area contributed by atoms with E-state index in [2.05, 4.69) is 38.7 Å². The van der Waals surface area contributed by atoms with Crippen LogP contribution in [0.15, 0.2) is 22.6 Å². The van der Waals surface area contributed by atoms with Crippen molar-refractivity contribution in [3.8, 4) is 0 Å². The number of aryl methyl sites for hydroxylation is 2. The van der Waals surface area contributed by atoms with Gasteiger partial charge in [-0.25, -0.2) is 4.98 Å². The smallest absolute Gasteiger partial charge is 0.195 e. The fraction of sp³-hybridized carbons (Fsp3) is 0.588. The summed E-state index contributed by atoms with van der Waals surface area (Å²) in [5.74, 6) is 1.45. The van der Waals surface area contributed by atoms with Crippen LogP contribution in [0, 0.1) is 18.3 Å². The zero-order valence-corrected chi connectivity index (χ0v) is 13.1. The average Bonchev–Trinajstić information content (AvgIpc) is 2.77. The molecule has 0 aliphatic heterocycles. The number of nitrogens with two attached hydrogens (primary N) is 1. The third-order valence-electron chi connectivity index (χ3n) is 4.10. The van der Waals surface area contributed by atoms with Crippen LogP contribution >= 0.6 is 0 Å². The predicted molar refractivity (Wildman–Crippen MR) is 83.7 cm³/mol. The molecule has 0 saturated heterocycles. The van der Waals surface area contributed by atoms with Crippen LogP contribution in [0.25, 0.3) is 11.1 Å². The van der Waals surface area contributed by atoms with Gasteiger partial charge in [-0.3, -0.25) is 0 Å². The van der Waals surface area contributed by atoms with E-state index >= 15 is 0 Å². The molecule has 1 aromatic heterocycles. The van der Waals surface area contributed by atoms with E-state index in [-0.39, 0.29) is 5.41 Å². The fourth-order valence-corrected chi connectivity index (χ4v) is 2.75. The molecule has 20 heavy (non-hydrogen) atoms. The van der Waals surface area contributed by atoms with Crippen molar-refractivity contribution >= 4 is 11.1 Å². The fourth-order valence-electron chi connectivity index (χ4n) is 2.75. The largest absolute Gasteiger partial charge is 0.440 e. The van der Waals surface area contributed by atoms with Crippen LogP contribution in [0.2, 0.25) is 0 Å². The molecule has 0 bridgehead atoms. The average molecular weight is 274 g/mol. The molecule has 1 unspecified atom stereocenters. The topological polar surface area (TPSA) is 52.0 Å².